The minimum atomic E-state index is -3.97. The Bertz CT molecular complexity index is 607. The van der Waals surface area contributed by atoms with E-state index in [0.717, 1.165) is 18.2 Å². The summed E-state index contributed by atoms with van der Waals surface area (Å²) in [5, 5.41) is 8.75. The van der Waals surface area contributed by atoms with Crippen LogP contribution in [0.1, 0.15) is 10.4 Å². The smallest absolute Gasteiger partial charge is 0.335 e. The summed E-state index contributed by atoms with van der Waals surface area (Å²) in [6, 6.07) is 3.17. The highest BCUT2D eigenvalue weighted by atomic mass is 32.2. The number of carboxylic acid groups (broad SMARTS) is 1. The SMILES string of the molecule is Nc1cc(C(=O)O)ccc1S(=O)(=O)NCCOCC(F)F. The number of sulfonamides is 1. The zero-order valence-electron chi connectivity index (χ0n) is 10.8. The molecular formula is C11H14F2N2O5S. The molecule has 1 aromatic rings. The summed E-state index contributed by atoms with van der Waals surface area (Å²) in [6.07, 6.45) is -2.62. The molecule has 0 heterocycles. The predicted molar refractivity (Wildman–Crippen MR) is 69.8 cm³/mol. The van der Waals surface area contributed by atoms with Gasteiger partial charge in [-0.1, -0.05) is 0 Å². The third-order valence-electron chi connectivity index (χ3n) is 2.33. The number of ether oxygens (including phenoxy) is 1. The van der Waals surface area contributed by atoms with Gasteiger partial charge in [-0.05, 0) is 18.2 Å². The largest absolute Gasteiger partial charge is 0.478 e. The molecule has 0 aromatic heterocycles. The highest BCUT2D eigenvalue weighted by Crippen LogP contribution is 2.19. The Labute approximate surface area is 119 Å². The number of hydrogen-bond acceptors (Lipinski definition) is 5. The summed E-state index contributed by atoms with van der Waals surface area (Å²) in [5.41, 5.74) is 5.13. The fourth-order valence-corrected chi connectivity index (χ4v) is 2.55. The fourth-order valence-electron chi connectivity index (χ4n) is 1.42. The lowest BCUT2D eigenvalue weighted by atomic mass is 10.2. The van der Waals surface area contributed by atoms with Crippen molar-refractivity contribution >= 4 is 21.7 Å². The lowest BCUT2D eigenvalue weighted by Gasteiger charge is -2.10. The van der Waals surface area contributed by atoms with Crippen LogP contribution in [0.15, 0.2) is 23.1 Å². The molecule has 0 radical (unpaired) electrons. The third-order valence-corrected chi connectivity index (χ3v) is 3.86. The molecule has 4 N–H and O–H groups in total. The second-order valence-electron chi connectivity index (χ2n) is 3.92. The monoisotopic (exact) mass is 324 g/mol. The zero-order chi connectivity index (χ0) is 16.0. The van der Waals surface area contributed by atoms with Crippen molar-refractivity contribution in [2.45, 2.75) is 11.3 Å². The maximum absolute atomic E-state index is 11.9. The summed E-state index contributed by atoms with van der Waals surface area (Å²) in [5.74, 6) is -1.24. The highest BCUT2D eigenvalue weighted by Gasteiger charge is 2.18. The van der Waals surface area contributed by atoms with Crippen molar-refractivity contribution in [3.8, 4) is 0 Å². The molecule has 0 unspecified atom stereocenters. The van der Waals surface area contributed by atoms with Crippen LogP contribution in [0.25, 0.3) is 0 Å². The number of aromatic carboxylic acids is 1. The third kappa shape index (κ3) is 5.25. The first-order valence-corrected chi connectivity index (χ1v) is 7.20. The number of nitrogens with two attached hydrogens (primary N) is 1. The maximum Gasteiger partial charge on any atom is 0.335 e. The molecule has 0 atom stereocenters. The topological polar surface area (TPSA) is 119 Å². The van der Waals surface area contributed by atoms with Gasteiger partial charge in [0.25, 0.3) is 6.43 Å². The van der Waals surface area contributed by atoms with E-state index < -0.39 is 29.0 Å². The van der Waals surface area contributed by atoms with Gasteiger partial charge in [0, 0.05) is 6.54 Å². The summed E-state index contributed by atoms with van der Waals surface area (Å²) < 4.78 is 54.0. The molecule has 7 nitrogen and oxygen atoms in total. The summed E-state index contributed by atoms with van der Waals surface area (Å²) in [6.45, 7) is -1.22. The van der Waals surface area contributed by atoms with E-state index >= 15 is 0 Å². The van der Waals surface area contributed by atoms with Gasteiger partial charge in [-0.15, -0.1) is 0 Å². The molecule has 0 aliphatic heterocycles. The molecule has 118 valence electrons. The Kier molecular flexibility index (Phi) is 6.00. The van der Waals surface area contributed by atoms with Crippen LogP contribution in [-0.4, -0.2) is 45.7 Å². The van der Waals surface area contributed by atoms with E-state index in [4.69, 9.17) is 10.8 Å². The number of hydrogen-bond donors (Lipinski definition) is 3. The van der Waals surface area contributed by atoms with E-state index in [1.54, 1.807) is 0 Å². The minimum absolute atomic E-state index is 0.147. The number of nitrogen functional groups attached to an aromatic ring is 1. The van der Waals surface area contributed by atoms with Crippen molar-refractivity contribution in [2.24, 2.45) is 0 Å². The second-order valence-corrected chi connectivity index (χ2v) is 5.66. The number of carboxylic acids is 1. The number of benzene rings is 1. The van der Waals surface area contributed by atoms with E-state index in [2.05, 4.69) is 9.46 Å². The number of halogens is 2. The van der Waals surface area contributed by atoms with Crippen LogP contribution < -0.4 is 10.5 Å². The van der Waals surface area contributed by atoms with Gasteiger partial charge in [-0.25, -0.2) is 26.7 Å². The summed E-state index contributed by atoms with van der Waals surface area (Å²) in [7, 11) is -3.97. The summed E-state index contributed by atoms with van der Waals surface area (Å²) in [4.78, 5) is 10.4. The molecular weight excluding hydrogens is 310 g/mol. The lowest BCUT2D eigenvalue weighted by molar-refractivity contribution is 0.0199. The van der Waals surface area contributed by atoms with Crippen molar-refractivity contribution in [1.29, 1.82) is 0 Å². The standard InChI is InChI=1S/C11H14F2N2O5S/c12-10(13)6-20-4-3-15-21(18,19)9-2-1-7(11(16)17)5-8(9)14/h1-2,5,10,15H,3-4,6,14H2,(H,16,17). The first-order chi connectivity index (χ1) is 9.74. The Morgan fingerprint density at radius 1 is 1.43 bits per heavy atom. The van der Waals surface area contributed by atoms with E-state index in [1.807, 2.05) is 0 Å². The van der Waals surface area contributed by atoms with Crippen molar-refractivity contribution in [3.63, 3.8) is 0 Å². The number of carbonyl (C=O) groups is 1. The molecule has 0 aliphatic carbocycles. The first-order valence-electron chi connectivity index (χ1n) is 5.72. The van der Waals surface area contributed by atoms with E-state index in [-0.39, 0.29) is 29.3 Å². The van der Waals surface area contributed by atoms with Gasteiger partial charge in [-0.2, -0.15) is 0 Å². The van der Waals surface area contributed by atoms with Gasteiger partial charge in [-0.3, -0.25) is 0 Å². The molecule has 0 saturated carbocycles. The van der Waals surface area contributed by atoms with Crippen molar-refractivity contribution < 1.29 is 31.8 Å². The number of anilines is 1. The number of nitrogens with one attached hydrogen (secondary N) is 1. The minimum Gasteiger partial charge on any atom is -0.478 e. The molecule has 0 aliphatic rings. The maximum atomic E-state index is 11.9. The van der Waals surface area contributed by atoms with E-state index in [1.165, 1.54) is 0 Å². The zero-order valence-corrected chi connectivity index (χ0v) is 11.6. The molecule has 0 saturated heterocycles. The van der Waals surface area contributed by atoms with Crippen LogP contribution in [-0.2, 0) is 14.8 Å². The quantitative estimate of drug-likeness (QED) is 0.474. The Balaban J connectivity index is 2.68. The van der Waals surface area contributed by atoms with E-state index in [0.29, 0.717) is 0 Å². The molecule has 1 aromatic carbocycles. The van der Waals surface area contributed by atoms with Crippen molar-refractivity contribution in [2.75, 3.05) is 25.5 Å². The van der Waals surface area contributed by atoms with Crippen LogP contribution in [0.3, 0.4) is 0 Å². The Morgan fingerprint density at radius 3 is 2.62 bits per heavy atom. The predicted octanol–water partition coefficient (Wildman–Crippen LogP) is 0.527. The average Bonchev–Trinajstić information content (AvgIpc) is 2.37. The van der Waals surface area contributed by atoms with Crippen LogP contribution >= 0.6 is 0 Å². The molecule has 0 amide bonds. The first kappa shape index (κ1) is 17.3. The lowest BCUT2D eigenvalue weighted by Crippen LogP contribution is -2.28. The normalized spacial score (nSPS) is 11.8. The van der Waals surface area contributed by atoms with Gasteiger partial charge in [0.05, 0.1) is 17.9 Å². The molecule has 10 heteroatoms. The molecule has 0 bridgehead atoms. The highest BCUT2D eigenvalue weighted by molar-refractivity contribution is 7.89. The number of rotatable bonds is 8. The molecule has 1 rings (SSSR count). The van der Waals surface area contributed by atoms with Crippen molar-refractivity contribution in [1.82, 2.24) is 4.72 Å². The Hall–Kier alpha value is -1.78. The number of alkyl halides is 2. The van der Waals surface area contributed by atoms with Gasteiger partial charge >= 0.3 is 5.97 Å². The van der Waals surface area contributed by atoms with Gasteiger partial charge in [0.2, 0.25) is 10.0 Å². The van der Waals surface area contributed by atoms with Crippen LogP contribution in [0, 0.1) is 0 Å². The summed E-state index contributed by atoms with van der Waals surface area (Å²) >= 11 is 0. The van der Waals surface area contributed by atoms with Gasteiger partial charge in [0.15, 0.2) is 0 Å². The fraction of sp³-hybridized carbons (Fsp3) is 0.364. The van der Waals surface area contributed by atoms with Crippen LogP contribution in [0.4, 0.5) is 14.5 Å². The van der Waals surface area contributed by atoms with Crippen LogP contribution in [0.5, 0.6) is 0 Å². The second kappa shape index (κ2) is 7.29. The molecule has 0 spiro atoms. The van der Waals surface area contributed by atoms with Gasteiger partial charge < -0.3 is 15.6 Å². The molecule has 0 fully saturated rings. The van der Waals surface area contributed by atoms with Gasteiger partial charge in [0.1, 0.15) is 11.5 Å². The molecule has 21 heavy (non-hydrogen) atoms. The van der Waals surface area contributed by atoms with E-state index in [9.17, 15) is 22.0 Å². The average molecular weight is 324 g/mol. The van der Waals surface area contributed by atoms with Crippen LogP contribution in [0.2, 0.25) is 0 Å². The van der Waals surface area contributed by atoms with Crippen molar-refractivity contribution in [3.05, 3.63) is 23.8 Å². The Morgan fingerprint density at radius 2 is 2.10 bits per heavy atom.